The highest BCUT2D eigenvalue weighted by Gasteiger charge is 1.99. The van der Waals surface area contributed by atoms with Crippen LogP contribution >= 0.6 is 0 Å². The van der Waals surface area contributed by atoms with E-state index in [1.54, 1.807) is 24.2 Å². The molecule has 1 N–H and O–H groups in total. The van der Waals surface area contributed by atoms with Crippen LogP contribution in [0, 0.1) is 0 Å². The molecule has 1 heterocycles. The lowest BCUT2D eigenvalue weighted by Crippen LogP contribution is -2.09. The van der Waals surface area contributed by atoms with Crippen molar-refractivity contribution in [2.75, 3.05) is 12.1 Å². The first-order valence-electron chi connectivity index (χ1n) is 3.55. The highest BCUT2D eigenvalue weighted by Crippen LogP contribution is 2.08. The van der Waals surface area contributed by atoms with Gasteiger partial charge in [0.15, 0.2) is 0 Å². The minimum absolute atomic E-state index is 0.0567. The number of aliphatic hydroxyl groups excluding tert-OH is 1. The van der Waals surface area contributed by atoms with Gasteiger partial charge in [-0.15, -0.1) is 0 Å². The van der Waals surface area contributed by atoms with Crippen LogP contribution in [0.1, 0.15) is 5.69 Å². The van der Waals surface area contributed by atoms with Crippen molar-refractivity contribution in [3.05, 3.63) is 23.9 Å². The fraction of sp³-hybridized carbons (Fsp3) is 0.250. The number of hydrazone groups is 1. The molecular formula is C8H11N3O. The van der Waals surface area contributed by atoms with E-state index in [0.717, 1.165) is 0 Å². The molecule has 0 bridgehead atoms. The number of hydrogen-bond acceptors (Lipinski definition) is 4. The molecule has 0 spiro atoms. The molecule has 0 amide bonds. The molecule has 0 radical (unpaired) electrons. The van der Waals surface area contributed by atoms with Gasteiger partial charge in [0.2, 0.25) is 0 Å². The predicted octanol–water partition coefficient (Wildman–Crippen LogP) is 0.626. The summed E-state index contributed by atoms with van der Waals surface area (Å²) in [4.78, 5) is 4.10. The standard InChI is InChI=1S/C8H11N3O/c1-9-11(2)8-5-3-4-7(6-12)10-8/h3-5,12H,1,6H2,2H3. The molecule has 0 fully saturated rings. The Morgan fingerprint density at radius 3 is 3.00 bits per heavy atom. The van der Waals surface area contributed by atoms with Crippen molar-refractivity contribution in [1.82, 2.24) is 4.98 Å². The molecule has 0 saturated carbocycles. The smallest absolute Gasteiger partial charge is 0.148 e. The van der Waals surface area contributed by atoms with E-state index in [-0.39, 0.29) is 6.61 Å². The van der Waals surface area contributed by atoms with Gasteiger partial charge < -0.3 is 5.11 Å². The molecule has 1 aromatic rings. The molecule has 0 atom stereocenters. The van der Waals surface area contributed by atoms with Crippen LogP contribution in [0.25, 0.3) is 0 Å². The summed E-state index contributed by atoms with van der Waals surface area (Å²) >= 11 is 0. The second-order valence-electron chi connectivity index (χ2n) is 2.31. The summed E-state index contributed by atoms with van der Waals surface area (Å²) in [6.07, 6.45) is 0. The van der Waals surface area contributed by atoms with Crippen molar-refractivity contribution in [3.8, 4) is 0 Å². The summed E-state index contributed by atoms with van der Waals surface area (Å²) in [5.41, 5.74) is 0.628. The maximum absolute atomic E-state index is 8.79. The van der Waals surface area contributed by atoms with Gasteiger partial charge in [-0.05, 0) is 12.1 Å². The van der Waals surface area contributed by atoms with Crippen LogP contribution in [0.2, 0.25) is 0 Å². The molecule has 1 aromatic heterocycles. The Morgan fingerprint density at radius 2 is 2.42 bits per heavy atom. The van der Waals surface area contributed by atoms with E-state index in [1.165, 1.54) is 0 Å². The van der Waals surface area contributed by atoms with Crippen LogP contribution in [0.3, 0.4) is 0 Å². The predicted molar refractivity (Wildman–Crippen MR) is 48.1 cm³/mol. The summed E-state index contributed by atoms with van der Waals surface area (Å²) < 4.78 is 0. The Labute approximate surface area is 71.2 Å². The Balaban J connectivity index is 2.93. The van der Waals surface area contributed by atoms with E-state index in [1.807, 2.05) is 6.07 Å². The Hall–Kier alpha value is -1.42. The van der Waals surface area contributed by atoms with Crippen molar-refractivity contribution in [1.29, 1.82) is 0 Å². The molecule has 0 aliphatic rings. The lowest BCUT2D eigenvalue weighted by Gasteiger charge is -2.10. The van der Waals surface area contributed by atoms with E-state index < -0.39 is 0 Å². The summed E-state index contributed by atoms with van der Waals surface area (Å²) in [6.45, 7) is 3.31. The number of aromatic nitrogens is 1. The van der Waals surface area contributed by atoms with E-state index in [0.29, 0.717) is 11.5 Å². The minimum Gasteiger partial charge on any atom is -0.390 e. The van der Waals surface area contributed by atoms with Crippen LogP contribution < -0.4 is 5.01 Å². The number of hydrogen-bond donors (Lipinski definition) is 1. The zero-order valence-electron chi connectivity index (χ0n) is 6.94. The first kappa shape index (κ1) is 8.67. The average molecular weight is 165 g/mol. The zero-order valence-corrected chi connectivity index (χ0v) is 6.94. The van der Waals surface area contributed by atoms with Crippen molar-refractivity contribution >= 4 is 12.5 Å². The quantitative estimate of drug-likeness (QED) is 0.527. The van der Waals surface area contributed by atoms with Gasteiger partial charge in [-0.3, -0.25) is 5.01 Å². The molecular weight excluding hydrogens is 154 g/mol. The van der Waals surface area contributed by atoms with E-state index in [4.69, 9.17) is 5.11 Å². The third kappa shape index (κ3) is 1.79. The van der Waals surface area contributed by atoms with Crippen molar-refractivity contribution in [2.24, 2.45) is 5.10 Å². The van der Waals surface area contributed by atoms with Crippen molar-refractivity contribution in [2.45, 2.75) is 6.61 Å². The molecule has 0 unspecified atom stereocenters. The molecule has 0 aromatic carbocycles. The molecule has 0 aliphatic heterocycles. The summed E-state index contributed by atoms with van der Waals surface area (Å²) in [5, 5.41) is 14.0. The number of pyridine rings is 1. The van der Waals surface area contributed by atoms with Gasteiger partial charge >= 0.3 is 0 Å². The maximum Gasteiger partial charge on any atom is 0.148 e. The Kier molecular flexibility index (Phi) is 2.76. The number of rotatable bonds is 3. The Morgan fingerprint density at radius 1 is 1.67 bits per heavy atom. The SMILES string of the molecule is C=NN(C)c1cccc(CO)n1. The average Bonchev–Trinajstić information content (AvgIpc) is 2.17. The zero-order chi connectivity index (χ0) is 8.97. The van der Waals surface area contributed by atoms with Crippen LogP contribution in [0.4, 0.5) is 5.82 Å². The van der Waals surface area contributed by atoms with Gasteiger partial charge in [0.25, 0.3) is 0 Å². The monoisotopic (exact) mass is 165 g/mol. The first-order valence-corrected chi connectivity index (χ1v) is 3.55. The first-order chi connectivity index (χ1) is 5.77. The van der Waals surface area contributed by atoms with E-state index >= 15 is 0 Å². The number of nitrogens with zero attached hydrogens (tertiary/aromatic N) is 3. The molecule has 4 heteroatoms. The maximum atomic E-state index is 8.79. The third-order valence-corrected chi connectivity index (χ3v) is 1.50. The molecule has 1 rings (SSSR count). The minimum atomic E-state index is -0.0567. The van der Waals surface area contributed by atoms with Crippen LogP contribution in [-0.2, 0) is 6.61 Å². The largest absolute Gasteiger partial charge is 0.390 e. The fourth-order valence-electron chi connectivity index (χ4n) is 0.808. The van der Waals surface area contributed by atoms with Gasteiger partial charge in [0, 0.05) is 13.8 Å². The second-order valence-corrected chi connectivity index (χ2v) is 2.31. The molecule has 0 saturated heterocycles. The number of anilines is 1. The van der Waals surface area contributed by atoms with Gasteiger partial charge in [0.05, 0.1) is 12.3 Å². The molecule has 64 valence electrons. The highest BCUT2D eigenvalue weighted by molar-refractivity contribution is 5.40. The van der Waals surface area contributed by atoms with Gasteiger partial charge in [-0.25, -0.2) is 4.98 Å². The summed E-state index contributed by atoms with van der Waals surface area (Å²) in [6, 6.07) is 5.36. The van der Waals surface area contributed by atoms with Crippen LogP contribution in [0.5, 0.6) is 0 Å². The van der Waals surface area contributed by atoms with Crippen LogP contribution in [-0.4, -0.2) is 23.9 Å². The van der Waals surface area contributed by atoms with Gasteiger partial charge in [0.1, 0.15) is 5.82 Å². The lowest BCUT2D eigenvalue weighted by molar-refractivity contribution is 0.277. The van der Waals surface area contributed by atoms with Crippen molar-refractivity contribution < 1.29 is 5.11 Å². The molecule has 4 nitrogen and oxygen atoms in total. The highest BCUT2D eigenvalue weighted by atomic mass is 16.3. The van der Waals surface area contributed by atoms with Gasteiger partial charge in [-0.1, -0.05) is 6.07 Å². The second kappa shape index (κ2) is 3.82. The molecule has 0 aliphatic carbocycles. The lowest BCUT2D eigenvalue weighted by atomic mass is 10.3. The molecule has 12 heavy (non-hydrogen) atoms. The van der Waals surface area contributed by atoms with E-state index in [2.05, 4.69) is 16.8 Å². The summed E-state index contributed by atoms with van der Waals surface area (Å²) in [5.74, 6) is 0.677. The summed E-state index contributed by atoms with van der Waals surface area (Å²) in [7, 11) is 1.75. The number of aliphatic hydroxyl groups is 1. The topological polar surface area (TPSA) is 48.7 Å². The van der Waals surface area contributed by atoms with Crippen molar-refractivity contribution in [3.63, 3.8) is 0 Å². The van der Waals surface area contributed by atoms with E-state index in [9.17, 15) is 0 Å². The van der Waals surface area contributed by atoms with Gasteiger partial charge in [-0.2, -0.15) is 5.10 Å². The Bertz CT molecular complexity index is 275. The van der Waals surface area contributed by atoms with Crippen LogP contribution in [0.15, 0.2) is 23.3 Å². The fourth-order valence-corrected chi connectivity index (χ4v) is 0.808. The normalized spacial score (nSPS) is 9.50. The third-order valence-electron chi connectivity index (χ3n) is 1.50.